The second-order valence-corrected chi connectivity index (χ2v) is 6.77. The Hall–Kier alpha value is -1.55. The highest BCUT2D eigenvalue weighted by atomic mass is 127. The minimum atomic E-state index is 0. The van der Waals surface area contributed by atoms with Gasteiger partial charge in [0.1, 0.15) is 12.4 Å². The highest BCUT2D eigenvalue weighted by molar-refractivity contribution is 14.0. The molecule has 0 fully saturated rings. The lowest BCUT2D eigenvalue weighted by Crippen LogP contribution is -2.43. The number of guanidine groups is 1. The third kappa shape index (κ3) is 7.83. The van der Waals surface area contributed by atoms with E-state index in [1.807, 2.05) is 23.9 Å². The average Bonchev–Trinajstić information content (AvgIpc) is 3.22. The molecule has 2 aromatic heterocycles. The minimum absolute atomic E-state index is 0. The lowest BCUT2D eigenvalue weighted by Gasteiger charge is -2.18. The van der Waals surface area contributed by atoms with Crippen LogP contribution in [-0.4, -0.2) is 41.5 Å². The number of aromatic nitrogens is 2. The van der Waals surface area contributed by atoms with Crippen LogP contribution in [0, 0.1) is 13.8 Å². The highest BCUT2D eigenvalue weighted by Crippen LogP contribution is 2.14. The molecule has 0 saturated carbocycles. The van der Waals surface area contributed by atoms with Crippen LogP contribution in [0.3, 0.4) is 0 Å². The Bertz CT molecular complexity index is 713. The van der Waals surface area contributed by atoms with E-state index in [2.05, 4.69) is 48.4 Å². The summed E-state index contributed by atoms with van der Waals surface area (Å²) in [6, 6.07) is 4.05. The molecule has 0 aliphatic carbocycles. The summed E-state index contributed by atoms with van der Waals surface area (Å²) in [6.45, 7) is 11.1. The molecule has 0 radical (unpaired) electrons. The van der Waals surface area contributed by atoms with Crippen molar-refractivity contribution in [2.75, 3.05) is 19.7 Å². The van der Waals surface area contributed by atoms with Crippen molar-refractivity contribution in [2.24, 2.45) is 12.0 Å². The van der Waals surface area contributed by atoms with E-state index in [0.29, 0.717) is 19.8 Å². The molecule has 0 aliphatic rings. The van der Waals surface area contributed by atoms with Gasteiger partial charge in [-0.05, 0) is 58.2 Å². The zero-order valence-electron chi connectivity index (χ0n) is 17.6. The molecule has 0 spiro atoms. The molecular formula is C20H34IN5O2. The average molecular weight is 503 g/mol. The quantitative estimate of drug-likeness (QED) is 0.225. The summed E-state index contributed by atoms with van der Waals surface area (Å²) in [5, 5.41) is 11.3. The second kappa shape index (κ2) is 12.8. The number of ether oxygens (including phenoxy) is 1. The fraction of sp³-hybridized carbons (Fsp3) is 0.600. The molecule has 7 nitrogen and oxygen atoms in total. The van der Waals surface area contributed by atoms with E-state index >= 15 is 0 Å². The van der Waals surface area contributed by atoms with Crippen molar-refractivity contribution in [1.82, 2.24) is 20.4 Å². The molecule has 0 saturated heterocycles. The molecule has 158 valence electrons. The highest BCUT2D eigenvalue weighted by Gasteiger charge is 2.13. The molecule has 2 heterocycles. The number of nitrogens with one attached hydrogen (secondary N) is 2. The van der Waals surface area contributed by atoms with Crippen LogP contribution in [0.5, 0.6) is 0 Å². The molecule has 0 aliphatic heterocycles. The minimum Gasteiger partial charge on any atom is -0.467 e. The van der Waals surface area contributed by atoms with E-state index in [1.165, 1.54) is 11.3 Å². The molecule has 1 atom stereocenters. The number of aliphatic imine (C=N–C) groups is 1. The maximum atomic E-state index is 5.60. The van der Waals surface area contributed by atoms with Gasteiger partial charge in [-0.3, -0.25) is 9.67 Å². The third-order valence-corrected chi connectivity index (χ3v) is 4.44. The van der Waals surface area contributed by atoms with Crippen molar-refractivity contribution >= 4 is 29.9 Å². The first-order valence-corrected chi connectivity index (χ1v) is 9.65. The van der Waals surface area contributed by atoms with Crippen molar-refractivity contribution in [2.45, 2.75) is 53.2 Å². The fourth-order valence-electron chi connectivity index (χ4n) is 2.95. The van der Waals surface area contributed by atoms with Crippen LogP contribution in [-0.2, 0) is 24.8 Å². The van der Waals surface area contributed by atoms with Crippen LogP contribution >= 0.6 is 24.0 Å². The Morgan fingerprint density at radius 1 is 1.39 bits per heavy atom. The van der Waals surface area contributed by atoms with Crippen LogP contribution in [0.25, 0.3) is 0 Å². The number of furan rings is 1. The van der Waals surface area contributed by atoms with E-state index in [9.17, 15) is 0 Å². The number of halogens is 1. The number of hydrogen-bond donors (Lipinski definition) is 2. The van der Waals surface area contributed by atoms with Crippen LogP contribution in [0.2, 0.25) is 0 Å². The monoisotopic (exact) mass is 503 g/mol. The first-order chi connectivity index (χ1) is 13.0. The van der Waals surface area contributed by atoms with Crippen molar-refractivity contribution in [3.05, 3.63) is 41.1 Å². The predicted octanol–water partition coefficient (Wildman–Crippen LogP) is 3.34. The molecule has 2 N–H and O–H groups in total. The van der Waals surface area contributed by atoms with Crippen molar-refractivity contribution in [1.29, 1.82) is 0 Å². The SMILES string of the molecule is CCNC(=NCCCOCc1ccco1)NC(C)Cc1c(C)nn(C)c1C.I. The molecule has 28 heavy (non-hydrogen) atoms. The maximum Gasteiger partial charge on any atom is 0.191 e. The van der Waals surface area contributed by atoms with Gasteiger partial charge in [0.25, 0.3) is 0 Å². The zero-order valence-corrected chi connectivity index (χ0v) is 19.9. The van der Waals surface area contributed by atoms with Crippen LogP contribution in [0.15, 0.2) is 27.8 Å². The molecule has 8 heteroatoms. The van der Waals surface area contributed by atoms with Gasteiger partial charge < -0.3 is 19.8 Å². The predicted molar refractivity (Wildman–Crippen MR) is 123 cm³/mol. The Morgan fingerprint density at radius 3 is 2.79 bits per heavy atom. The molecule has 2 aromatic rings. The van der Waals surface area contributed by atoms with E-state index in [4.69, 9.17) is 9.15 Å². The summed E-state index contributed by atoms with van der Waals surface area (Å²) in [7, 11) is 1.99. The third-order valence-electron chi connectivity index (χ3n) is 4.44. The number of nitrogens with zero attached hydrogens (tertiary/aromatic N) is 3. The standard InChI is InChI=1S/C20H33N5O2.HI/c1-6-21-20(22-10-8-11-26-14-18-9-7-12-27-18)23-15(2)13-19-16(3)24-25(5)17(19)4;/h7,9,12,15H,6,8,10-11,13-14H2,1-5H3,(H2,21,22,23);1H. The smallest absolute Gasteiger partial charge is 0.191 e. The number of aryl methyl sites for hydroxylation is 2. The van der Waals surface area contributed by atoms with Crippen LogP contribution in [0.4, 0.5) is 0 Å². The topological polar surface area (TPSA) is 76.6 Å². The van der Waals surface area contributed by atoms with Gasteiger partial charge in [0.2, 0.25) is 0 Å². The van der Waals surface area contributed by atoms with Gasteiger partial charge in [-0.2, -0.15) is 5.10 Å². The van der Waals surface area contributed by atoms with E-state index < -0.39 is 0 Å². The summed E-state index contributed by atoms with van der Waals surface area (Å²) in [4.78, 5) is 4.65. The molecule has 1 unspecified atom stereocenters. The van der Waals surface area contributed by atoms with Crippen LogP contribution < -0.4 is 10.6 Å². The van der Waals surface area contributed by atoms with Gasteiger partial charge in [0.05, 0.1) is 12.0 Å². The Balaban J connectivity index is 0.00000392. The lowest BCUT2D eigenvalue weighted by molar-refractivity contribution is 0.105. The molecule has 0 amide bonds. The number of rotatable bonds is 10. The van der Waals surface area contributed by atoms with Gasteiger partial charge in [-0.1, -0.05) is 0 Å². The summed E-state index contributed by atoms with van der Waals surface area (Å²) in [5.74, 6) is 1.69. The summed E-state index contributed by atoms with van der Waals surface area (Å²) < 4.78 is 12.8. The lowest BCUT2D eigenvalue weighted by atomic mass is 10.1. The number of hydrogen-bond acceptors (Lipinski definition) is 4. The van der Waals surface area contributed by atoms with E-state index in [1.54, 1.807) is 6.26 Å². The van der Waals surface area contributed by atoms with Crippen LogP contribution in [0.1, 0.15) is 43.0 Å². The first kappa shape index (κ1) is 24.5. The van der Waals surface area contributed by atoms with Crippen molar-refractivity contribution in [3.63, 3.8) is 0 Å². The van der Waals surface area contributed by atoms with Gasteiger partial charge >= 0.3 is 0 Å². The summed E-state index contributed by atoms with van der Waals surface area (Å²) >= 11 is 0. The maximum absolute atomic E-state index is 5.60. The van der Waals surface area contributed by atoms with Gasteiger partial charge in [-0.25, -0.2) is 0 Å². The van der Waals surface area contributed by atoms with Crippen molar-refractivity contribution in [3.8, 4) is 0 Å². The second-order valence-electron chi connectivity index (χ2n) is 6.77. The molecule has 2 rings (SSSR count). The van der Waals surface area contributed by atoms with E-state index in [-0.39, 0.29) is 30.0 Å². The zero-order chi connectivity index (χ0) is 19.6. The fourth-order valence-corrected chi connectivity index (χ4v) is 2.95. The van der Waals surface area contributed by atoms with E-state index in [0.717, 1.165) is 36.8 Å². The first-order valence-electron chi connectivity index (χ1n) is 9.65. The van der Waals surface area contributed by atoms with Gasteiger partial charge in [-0.15, -0.1) is 24.0 Å². The summed E-state index contributed by atoms with van der Waals surface area (Å²) in [5.41, 5.74) is 3.62. The molecular weight excluding hydrogens is 469 g/mol. The van der Waals surface area contributed by atoms with Crippen molar-refractivity contribution < 1.29 is 9.15 Å². The summed E-state index contributed by atoms with van der Waals surface area (Å²) in [6.07, 6.45) is 3.45. The molecule has 0 aromatic carbocycles. The Labute approximate surface area is 185 Å². The Morgan fingerprint density at radius 2 is 2.18 bits per heavy atom. The normalized spacial score (nSPS) is 12.5. The van der Waals surface area contributed by atoms with Gasteiger partial charge in [0.15, 0.2) is 5.96 Å². The molecule has 0 bridgehead atoms. The Kier molecular flexibility index (Phi) is 11.2. The van der Waals surface area contributed by atoms with Gasteiger partial charge in [0, 0.05) is 38.5 Å². The largest absolute Gasteiger partial charge is 0.467 e.